The molecule has 0 saturated carbocycles. The normalized spacial score (nSPS) is 11.1. The Morgan fingerprint density at radius 2 is 2.00 bits per heavy atom. The van der Waals surface area contributed by atoms with E-state index in [4.69, 9.17) is 0 Å². The van der Waals surface area contributed by atoms with Crippen molar-refractivity contribution in [3.05, 3.63) is 52.6 Å². The summed E-state index contributed by atoms with van der Waals surface area (Å²) >= 11 is 1.59. The second-order valence-electron chi connectivity index (χ2n) is 5.16. The molecule has 0 bridgehead atoms. The Bertz CT molecular complexity index is 818. The number of aryl methyl sites for hydroxylation is 1. The lowest BCUT2D eigenvalue weighted by Gasteiger charge is -2.07. The summed E-state index contributed by atoms with van der Waals surface area (Å²) in [6.07, 6.45) is 2.08. The van der Waals surface area contributed by atoms with Gasteiger partial charge in [-0.25, -0.2) is 4.98 Å². The molecule has 0 atom stereocenters. The fourth-order valence-electron chi connectivity index (χ4n) is 2.44. The van der Waals surface area contributed by atoms with Crippen molar-refractivity contribution in [2.75, 3.05) is 0 Å². The number of fused-ring (bicyclic) bond motifs is 1. The van der Waals surface area contributed by atoms with Crippen molar-refractivity contribution < 1.29 is 0 Å². The molecule has 0 aliphatic heterocycles. The van der Waals surface area contributed by atoms with Crippen LogP contribution >= 0.6 is 11.3 Å². The molecule has 108 valence electrons. The number of hydrogen-bond donors (Lipinski definition) is 0. The van der Waals surface area contributed by atoms with Gasteiger partial charge in [-0.05, 0) is 25.0 Å². The maximum atomic E-state index is 12.6. The number of benzene rings is 1. The lowest BCUT2D eigenvalue weighted by Crippen LogP contribution is -2.23. The number of unbranched alkanes of at least 4 members (excludes halogenated alkanes) is 1. The molecule has 0 radical (unpaired) electrons. The van der Waals surface area contributed by atoms with Crippen molar-refractivity contribution >= 4 is 21.6 Å². The molecule has 21 heavy (non-hydrogen) atoms. The van der Waals surface area contributed by atoms with Gasteiger partial charge >= 0.3 is 0 Å². The van der Waals surface area contributed by atoms with E-state index in [0.29, 0.717) is 0 Å². The summed E-state index contributed by atoms with van der Waals surface area (Å²) in [5, 5.41) is 0.737. The zero-order chi connectivity index (χ0) is 14.8. The maximum Gasteiger partial charge on any atom is 0.262 e. The van der Waals surface area contributed by atoms with E-state index in [9.17, 15) is 4.79 Å². The molecule has 0 unspecified atom stereocenters. The molecular formula is C17H18N2OS. The summed E-state index contributed by atoms with van der Waals surface area (Å²) in [5.74, 6) is 0.808. The van der Waals surface area contributed by atoms with Gasteiger partial charge in [0.25, 0.3) is 5.56 Å². The number of hydrogen-bond acceptors (Lipinski definition) is 3. The van der Waals surface area contributed by atoms with Crippen LogP contribution in [0.25, 0.3) is 20.7 Å². The first-order valence-electron chi connectivity index (χ1n) is 7.27. The molecule has 0 saturated heterocycles. The van der Waals surface area contributed by atoms with Gasteiger partial charge in [0.2, 0.25) is 0 Å². The van der Waals surface area contributed by atoms with Crippen LogP contribution in [0.1, 0.15) is 25.6 Å². The lowest BCUT2D eigenvalue weighted by molar-refractivity contribution is 0.592. The summed E-state index contributed by atoms with van der Waals surface area (Å²) in [5.41, 5.74) is 1.22. The number of nitrogens with zero attached hydrogens (tertiary/aromatic N) is 2. The average Bonchev–Trinajstić information content (AvgIpc) is 2.92. The van der Waals surface area contributed by atoms with Crippen molar-refractivity contribution in [3.8, 4) is 10.4 Å². The molecule has 3 nitrogen and oxygen atoms in total. The molecule has 1 aromatic carbocycles. The van der Waals surface area contributed by atoms with Crippen LogP contribution in [0.15, 0.2) is 41.2 Å². The molecule has 0 amide bonds. The fraction of sp³-hybridized carbons (Fsp3) is 0.294. The monoisotopic (exact) mass is 298 g/mol. The summed E-state index contributed by atoms with van der Waals surface area (Å²) < 4.78 is 1.80. The third-order valence-electron chi connectivity index (χ3n) is 3.64. The SMILES string of the molecule is CCCCn1c(C)nc2sc(-c3ccccc3)cc2c1=O. The fourth-order valence-corrected chi connectivity index (χ4v) is 3.51. The van der Waals surface area contributed by atoms with Gasteiger partial charge in [-0.15, -0.1) is 11.3 Å². The Morgan fingerprint density at radius 1 is 1.24 bits per heavy atom. The zero-order valence-electron chi connectivity index (χ0n) is 12.3. The smallest absolute Gasteiger partial charge is 0.262 e. The molecule has 2 heterocycles. The first kappa shape index (κ1) is 14.0. The van der Waals surface area contributed by atoms with Gasteiger partial charge in [-0.2, -0.15) is 0 Å². The topological polar surface area (TPSA) is 34.9 Å². The maximum absolute atomic E-state index is 12.6. The molecule has 2 aromatic heterocycles. The highest BCUT2D eigenvalue weighted by atomic mass is 32.1. The summed E-state index contributed by atoms with van der Waals surface area (Å²) in [6, 6.07) is 12.1. The third-order valence-corrected chi connectivity index (χ3v) is 4.71. The van der Waals surface area contributed by atoms with E-state index < -0.39 is 0 Å². The summed E-state index contributed by atoms with van der Waals surface area (Å²) in [4.78, 5) is 19.2. The molecule has 0 aliphatic rings. The Hall–Kier alpha value is -1.94. The highest BCUT2D eigenvalue weighted by molar-refractivity contribution is 7.21. The van der Waals surface area contributed by atoms with Gasteiger partial charge in [0.1, 0.15) is 10.7 Å². The van der Waals surface area contributed by atoms with Crippen LogP contribution in [0.2, 0.25) is 0 Å². The minimum absolute atomic E-state index is 0.0874. The largest absolute Gasteiger partial charge is 0.296 e. The van der Waals surface area contributed by atoms with E-state index >= 15 is 0 Å². The number of thiophene rings is 1. The Balaban J connectivity index is 2.14. The van der Waals surface area contributed by atoms with Crippen LogP contribution in [-0.2, 0) is 6.54 Å². The zero-order valence-corrected chi connectivity index (χ0v) is 13.1. The Labute approximate surface area is 127 Å². The quantitative estimate of drug-likeness (QED) is 0.722. The van der Waals surface area contributed by atoms with Crippen LogP contribution in [-0.4, -0.2) is 9.55 Å². The van der Waals surface area contributed by atoms with Gasteiger partial charge in [0.05, 0.1) is 5.39 Å². The first-order valence-corrected chi connectivity index (χ1v) is 8.08. The standard InChI is InChI=1S/C17H18N2OS/c1-3-4-10-19-12(2)18-16-14(17(19)20)11-15(21-16)13-8-6-5-7-9-13/h5-9,11H,3-4,10H2,1-2H3. The van der Waals surface area contributed by atoms with Crippen LogP contribution in [0.5, 0.6) is 0 Å². The molecule has 0 fully saturated rings. The van der Waals surface area contributed by atoms with Crippen molar-refractivity contribution in [2.45, 2.75) is 33.2 Å². The predicted octanol–water partition coefficient (Wildman–Crippen LogP) is 4.23. The second kappa shape index (κ2) is 5.82. The molecule has 4 heteroatoms. The molecule has 0 N–H and O–H groups in total. The van der Waals surface area contributed by atoms with Gasteiger partial charge in [-0.1, -0.05) is 43.7 Å². The van der Waals surface area contributed by atoms with Crippen molar-refractivity contribution in [3.63, 3.8) is 0 Å². The number of rotatable bonds is 4. The van der Waals surface area contributed by atoms with E-state index in [1.165, 1.54) is 0 Å². The highest BCUT2D eigenvalue weighted by Crippen LogP contribution is 2.30. The number of aromatic nitrogens is 2. The van der Waals surface area contributed by atoms with Crippen molar-refractivity contribution in [1.29, 1.82) is 0 Å². The molecule has 3 aromatic rings. The van der Waals surface area contributed by atoms with Crippen LogP contribution < -0.4 is 5.56 Å². The second-order valence-corrected chi connectivity index (χ2v) is 6.20. The summed E-state index contributed by atoms with van der Waals surface area (Å²) in [7, 11) is 0. The predicted molar refractivity (Wildman–Crippen MR) is 89.0 cm³/mol. The lowest BCUT2D eigenvalue weighted by atomic mass is 10.2. The van der Waals surface area contributed by atoms with Crippen LogP contribution in [0.4, 0.5) is 0 Å². The third kappa shape index (κ3) is 2.63. The van der Waals surface area contributed by atoms with Crippen LogP contribution in [0, 0.1) is 6.92 Å². The van der Waals surface area contributed by atoms with Gasteiger partial charge in [0, 0.05) is 11.4 Å². The van der Waals surface area contributed by atoms with E-state index in [1.54, 1.807) is 15.9 Å². The van der Waals surface area contributed by atoms with E-state index in [-0.39, 0.29) is 5.56 Å². The van der Waals surface area contributed by atoms with Crippen molar-refractivity contribution in [2.24, 2.45) is 0 Å². The van der Waals surface area contributed by atoms with E-state index in [2.05, 4.69) is 24.0 Å². The minimum atomic E-state index is 0.0874. The Morgan fingerprint density at radius 3 is 2.71 bits per heavy atom. The molecule has 3 rings (SSSR count). The molecule has 0 aliphatic carbocycles. The van der Waals surface area contributed by atoms with Gasteiger partial charge in [0.15, 0.2) is 0 Å². The summed E-state index contributed by atoms with van der Waals surface area (Å²) in [6.45, 7) is 4.80. The Kier molecular flexibility index (Phi) is 3.88. The van der Waals surface area contributed by atoms with E-state index in [0.717, 1.165) is 45.9 Å². The van der Waals surface area contributed by atoms with Crippen molar-refractivity contribution in [1.82, 2.24) is 9.55 Å². The van der Waals surface area contributed by atoms with E-state index in [1.807, 2.05) is 31.2 Å². The van der Waals surface area contributed by atoms with Crippen LogP contribution in [0.3, 0.4) is 0 Å². The first-order chi connectivity index (χ1) is 10.2. The average molecular weight is 298 g/mol. The molecule has 0 spiro atoms. The van der Waals surface area contributed by atoms with Gasteiger partial charge in [-0.3, -0.25) is 9.36 Å². The molecular weight excluding hydrogens is 280 g/mol. The minimum Gasteiger partial charge on any atom is -0.296 e. The highest BCUT2D eigenvalue weighted by Gasteiger charge is 2.12. The van der Waals surface area contributed by atoms with Gasteiger partial charge < -0.3 is 0 Å².